The van der Waals surface area contributed by atoms with Gasteiger partial charge < -0.3 is 14.2 Å². The normalized spacial score (nSPS) is 10.7. The van der Waals surface area contributed by atoms with Crippen LogP contribution in [0, 0.1) is 0 Å². The zero-order valence-corrected chi connectivity index (χ0v) is 24.1. The molecule has 6 heteroatoms. The Bertz CT molecular complexity index is 1550. The summed E-state index contributed by atoms with van der Waals surface area (Å²) in [4.78, 5) is 38.4. The third-order valence-electron chi connectivity index (χ3n) is 6.97. The molecular weight excluding hydrogens is 552 g/mol. The number of benzene rings is 5. The third-order valence-corrected chi connectivity index (χ3v) is 6.97. The van der Waals surface area contributed by atoms with Gasteiger partial charge in [-0.05, 0) is 71.5 Å². The monoisotopic (exact) mass is 584 g/mol. The Morgan fingerprint density at radius 3 is 1.16 bits per heavy atom. The number of hydrogen-bond acceptors (Lipinski definition) is 6. The van der Waals surface area contributed by atoms with Gasteiger partial charge in [0.2, 0.25) is 0 Å². The fourth-order valence-corrected chi connectivity index (χ4v) is 4.59. The van der Waals surface area contributed by atoms with Crippen LogP contribution in [0.25, 0.3) is 0 Å². The summed E-state index contributed by atoms with van der Waals surface area (Å²) in [5.41, 5.74) is 5.51. The molecule has 0 aliphatic rings. The Hall–Kier alpha value is -5.49. The summed E-state index contributed by atoms with van der Waals surface area (Å²) in [6, 6.07) is 42.9. The molecule has 5 aromatic rings. The lowest BCUT2D eigenvalue weighted by Crippen LogP contribution is -2.31. The minimum Gasteiger partial charge on any atom is -0.458 e. The molecule has 44 heavy (non-hydrogen) atoms. The van der Waals surface area contributed by atoms with E-state index < -0.39 is 24.0 Å². The van der Waals surface area contributed by atoms with E-state index in [1.807, 2.05) is 84.9 Å². The Morgan fingerprint density at radius 1 is 0.409 bits per heavy atom. The topological polar surface area (TPSA) is 78.9 Å². The predicted octanol–water partition coefficient (Wildman–Crippen LogP) is 7.11. The summed E-state index contributed by atoms with van der Waals surface area (Å²) in [5.74, 6) is -1.76. The first-order valence-corrected chi connectivity index (χ1v) is 14.4. The van der Waals surface area contributed by atoms with E-state index in [9.17, 15) is 14.4 Å². The van der Waals surface area contributed by atoms with Crippen LogP contribution in [-0.4, -0.2) is 37.2 Å². The van der Waals surface area contributed by atoms with Crippen LogP contribution in [0.4, 0.5) is 0 Å². The molecule has 0 amide bonds. The largest absolute Gasteiger partial charge is 0.458 e. The van der Waals surface area contributed by atoms with Crippen molar-refractivity contribution in [1.29, 1.82) is 0 Å². The molecule has 0 radical (unpaired) electrons. The molecule has 0 aliphatic carbocycles. The number of hydrogen-bond donors (Lipinski definition) is 0. The molecule has 0 heterocycles. The van der Waals surface area contributed by atoms with Crippen molar-refractivity contribution in [3.8, 4) is 0 Å². The van der Waals surface area contributed by atoms with Crippen LogP contribution >= 0.6 is 0 Å². The van der Waals surface area contributed by atoms with E-state index >= 15 is 0 Å². The zero-order chi connectivity index (χ0) is 30.6. The SMILES string of the molecule is O=C(OCC(COC(=O)c1ccc(Cc2ccccc2)cc1)OC(=O)c1ccccc1)c1ccc(Cc2ccccc2)cc1. The fourth-order valence-electron chi connectivity index (χ4n) is 4.59. The van der Waals surface area contributed by atoms with Gasteiger partial charge in [0.25, 0.3) is 0 Å². The molecular formula is C38H32O6. The number of ether oxygens (including phenoxy) is 3. The Balaban J connectivity index is 1.19. The van der Waals surface area contributed by atoms with Crippen molar-refractivity contribution >= 4 is 17.9 Å². The minimum atomic E-state index is -1.01. The summed E-state index contributed by atoms with van der Waals surface area (Å²) >= 11 is 0. The van der Waals surface area contributed by atoms with Gasteiger partial charge in [-0.15, -0.1) is 0 Å². The third kappa shape index (κ3) is 8.76. The summed E-state index contributed by atoms with van der Waals surface area (Å²) in [6.45, 7) is -0.571. The highest BCUT2D eigenvalue weighted by molar-refractivity contribution is 5.91. The molecule has 0 N–H and O–H groups in total. The van der Waals surface area contributed by atoms with E-state index in [4.69, 9.17) is 14.2 Å². The average Bonchev–Trinajstić information content (AvgIpc) is 3.07. The predicted molar refractivity (Wildman–Crippen MR) is 168 cm³/mol. The number of carbonyl (C=O) groups excluding carboxylic acids is 3. The molecule has 0 spiro atoms. The molecule has 0 bridgehead atoms. The second-order valence-electron chi connectivity index (χ2n) is 10.3. The van der Waals surface area contributed by atoms with E-state index in [1.54, 1.807) is 54.6 Å². The molecule has 5 rings (SSSR count). The van der Waals surface area contributed by atoms with E-state index in [2.05, 4.69) is 0 Å². The van der Waals surface area contributed by atoms with Crippen molar-refractivity contribution in [2.45, 2.75) is 18.9 Å². The first-order valence-electron chi connectivity index (χ1n) is 14.4. The summed E-state index contributed by atoms with van der Waals surface area (Å²) < 4.78 is 16.6. The Kier molecular flexibility index (Phi) is 10.3. The van der Waals surface area contributed by atoms with Crippen LogP contribution in [-0.2, 0) is 27.1 Å². The van der Waals surface area contributed by atoms with E-state index in [1.165, 1.54) is 11.1 Å². The quantitative estimate of drug-likeness (QED) is 0.115. The van der Waals surface area contributed by atoms with Crippen LogP contribution in [0.3, 0.4) is 0 Å². The number of rotatable bonds is 12. The maximum Gasteiger partial charge on any atom is 0.338 e. The second-order valence-corrected chi connectivity index (χ2v) is 10.3. The molecule has 6 nitrogen and oxygen atoms in total. The molecule has 0 unspecified atom stereocenters. The lowest BCUT2D eigenvalue weighted by molar-refractivity contribution is -0.0253. The first-order chi connectivity index (χ1) is 21.5. The van der Waals surface area contributed by atoms with Gasteiger partial charge in [-0.2, -0.15) is 0 Å². The van der Waals surface area contributed by atoms with Crippen LogP contribution in [0.2, 0.25) is 0 Å². The highest BCUT2D eigenvalue weighted by Crippen LogP contribution is 2.14. The van der Waals surface area contributed by atoms with E-state index in [0.717, 1.165) is 24.0 Å². The lowest BCUT2D eigenvalue weighted by atomic mass is 10.0. The van der Waals surface area contributed by atoms with Crippen molar-refractivity contribution in [3.05, 3.63) is 178 Å². The van der Waals surface area contributed by atoms with Crippen molar-refractivity contribution in [1.82, 2.24) is 0 Å². The average molecular weight is 585 g/mol. The molecule has 0 aromatic heterocycles. The molecule has 0 saturated heterocycles. The van der Waals surface area contributed by atoms with Gasteiger partial charge in [0, 0.05) is 0 Å². The van der Waals surface area contributed by atoms with Gasteiger partial charge >= 0.3 is 17.9 Å². The van der Waals surface area contributed by atoms with Crippen molar-refractivity contribution in [2.24, 2.45) is 0 Å². The molecule has 0 fully saturated rings. The molecule has 0 aliphatic heterocycles. The van der Waals surface area contributed by atoms with Crippen LogP contribution in [0.15, 0.2) is 140 Å². The second kappa shape index (κ2) is 15.1. The Morgan fingerprint density at radius 2 is 0.750 bits per heavy atom. The summed E-state index contributed by atoms with van der Waals surface area (Å²) in [6.07, 6.45) is 0.481. The van der Waals surface area contributed by atoms with Gasteiger partial charge in [0.1, 0.15) is 13.2 Å². The van der Waals surface area contributed by atoms with Crippen LogP contribution in [0.1, 0.15) is 53.3 Å². The summed E-state index contributed by atoms with van der Waals surface area (Å²) in [5, 5.41) is 0. The van der Waals surface area contributed by atoms with Crippen molar-refractivity contribution < 1.29 is 28.6 Å². The van der Waals surface area contributed by atoms with Crippen molar-refractivity contribution in [2.75, 3.05) is 13.2 Å². The lowest BCUT2D eigenvalue weighted by Gasteiger charge is -2.18. The molecule has 0 saturated carbocycles. The maximum atomic E-state index is 12.8. The molecule has 0 atom stereocenters. The fraction of sp³-hybridized carbons (Fsp3) is 0.132. The van der Waals surface area contributed by atoms with Gasteiger partial charge in [-0.1, -0.05) is 103 Å². The highest BCUT2D eigenvalue weighted by Gasteiger charge is 2.21. The minimum absolute atomic E-state index is 0.285. The van der Waals surface area contributed by atoms with E-state index in [-0.39, 0.29) is 13.2 Å². The zero-order valence-electron chi connectivity index (χ0n) is 24.1. The maximum absolute atomic E-state index is 12.8. The van der Waals surface area contributed by atoms with Crippen molar-refractivity contribution in [3.63, 3.8) is 0 Å². The molecule has 220 valence electrons. The van der Waals surface area contributed by atoms with Crippen LogP contribution in [0.5, 0.6) is 0 Å². The van der Waals surface area contributed by atoms with Crippen LogP contribution < -0.4 is 0 Å². The van der Waals surface area contributed by atoms with Gasteiger partial charge in [-0.3, -0.25) is 0 Å². The smallest absolute Gasteiger partial charge is 0.338 e. The first kappa shape index (κ1) is 30.0. The van der Waals surface area contributed by atoms with Gasteiger partial charge in [0.15, 0.2) is 6.10 Å². The Labute approximate surface area is 256 Å². The number of carbonyl (C=O) groups is 3. The molecule has 5 aromatic carbocycles. The number of esters is 3. The summed E-state index contributed by atoms with van der Waals surface area (Å²) in [7, 11) is 0. The van der Waals surface area contributed by atoms with Gasteiger partial charge in [0.05, 0.1) is 16.7 Å². The van der Waals surface area contributed by atoms with Gasteiger partial charge in [-0.25, -0.2) is 14.4 Å². The van der Waals surface area contributed by atoms with E-state index in [0.29, 0.717) is 16.7 Å². The standard InChI is InChI=1S/C38H32O6/c39-36(33-20-16-30(17-21-33)24-28-10-4-1-5-11-28)42-26-35(44-38(41)32-14-8-3-9-15-32)27-43-37(40)34-22-18-31(19-23-34)25-29-12-6-2-7-13-29/h1-23,35H,24-27H2. The highest BCUT2D eigenvalue weighted by atomic mass is 16.6.